The summed E-state index contributed by atoms with van der Waals surface area (Å²) in [5.41, 5.74) is -0.548. The van der Waals surface area contributed by atoms with Crippen molar-refractivity contribution < 1.29 is 27.1 Å². The molecule has 1 aromatic rings. The van der Waals surface area contributed by atoms with Crippen molar-refractivity contribution in [2.75, 3.05) is 20.6 Å². The molecule has 0 radical (unpaired) electrons. The first-order chi connectivity index (χ1) is 11.1. The number of hydrogen-bond donors (Lipinski definition) is 1. The second-order valence-corrected chi connectivity index (χ2v) is 7.42. The van der Waals surface area contributed by atoms with Gasteiger partial charge in [0, 0.05) is 20.6 Å². The Balaban J connectivity index is 3.01. The Hall–Kier alpha value is -2.00. The molecule has 0 aliphatic carbocycles. The highest BCUT2D eigenvalue weighted by molar-refractivity contribution is 7.89. The molecule has 9 heteroatoms. The van der Waals surface area contributed by atoms with Crippen molar-refractivity contribution in [3.8, 4) is 0 Å². The lowest BCUT2D eigenvalue weighted by molar-refractivity contribution is -0.129. The van der Waals surface area contributed by atoms with E-state index in [0.717, 1.165) is 22.5 Å². The second kappa shape index (κ2) is 8.20. The van der Waals surface area contributed by atoms with Gasteiger partial charge in [0.15, 0.2) is 6.10 Å². The van der Waals surface area contributed by atoms with Crippen LogP contribution < -0.4 is 5.32 Å². The highest BCUT2D eigenvalue weighted by Gasteiger charge is 2.24. The van der Waals surface area contributed by atoms with Gasteiger partial charge in [-0.05, 0) is 31.5 Å². The van der Waals surface area contributed by atoms with Gasteiger partial charge in [0.25, 0.3) is 5.91 Å². The van der Waals surface area contributed by atoms with Crippen molar-refractivity contribution in [3.05, 3.63) is 29.6 Å². The van der Waals surface area contributed by atoms with Crippen LogP contribution in [0.5, 0.6) is 0 Å². The summed E-state index contributed by atoms with van der Waals surface area (Å²) < 4.78 is 43.8. The fraction of sp³-hybridized carbons (Fsp3) is 0.467. The van der Waals surface area contributed by atoms with Crippen molar-refractivity contribution in [2.45, 2.75) is 31.3 Å². The summed E-state index contributed by atoms with van der Waals surface area (Å²) in [6, 6.07) is 2.82. The van der Waals surface area contributed by atoms with Gasteiger partial charge in [-0.3, -0.25) is 4.79 Å². The zero-order chi connectivity index (χ0) is 18.5. The van der Waals surface area contributed by atoms with Gasteiger partial charge in [0.2, 0.25) is 10.0 Å². The minimum Gasteiger partial charge on any atom is -0.449 e. The van der Waals surface area contributed by atoms with Gasteiger partial charge in [-0.2, -0.15) is 0 Å². The number of ether oxygens (including phenoxy) is 1. The van der Waals surface area contributed by atoms with E-state index in [2.05, 4.69) is 5.32 Å². The first kappa shape index (κ1) is 20.0. The van der Waals surface area contributed by atoms with Crippen molar-refractivity contribution in [2.24, 2.45) is 0 Å². The molecule has 0 bridgehead atoms. The van der Waals surface area contributed by atoms with Crippen molar-refractivity contribution in [1.29, 1.82) is 0 Å². The number of carbonyl (C=O) groups excluding carboxylic acids is 2. The molecular weight excluding hydrogens is 339 g/mol. The Kier molecular flexibility index (Phi) is 6.85. The highest BCUT2D eigenvalue weighted by atomic mass is 32.2. The maximum atomic E-state index is 13.9. The maximum absolute atomic E-state index is 13.9. The number of halogens is 1. The van der Waals surface area contributed by atoms with E-state index in [1.165, 1.54) is 21.0 Å². The van der Waals surface area contributed by atoms with E-state index >= 15 is 0 Å². The molecule has 0 aliphatic rings. The van der Waals surface area contributed by atoms with E-state index in [1.54, 1.807) is 0 Å². The minimum absolute atomic E-state index is 0.246. The minimum atomic E-state index is -3.83. The molecule has 134 valence electrons. The van der Waals surface area contributed by atoms with Crippen LogP contribution in [-0.4, -0.2) is 51.3 Å². The maximum Gasteiger partial charge on any atom is 0.341 e. The summed E-state index contributed by atoms with van der Waals surface area (Å²) in [6.45, 7) is 3.63. The van der Waals surface area contributed by atoms with E-state index in [0.29, 0.717) is 13.0 Å². The van der Waals surface area contributed by atoms with E-state index in [9.17, 15) is 22.4 Å². The topological polar surface area (TPSA) is 92.8 Å². The number of nitrogens with one attached hydrogen (secondary N) is 1. The van der Waals surface area contributed by atoms with Gasteiger partial charge in [-0.1, -0.05) is 6.92 Å². The third-order valence-corrected chi connectivity index (χ3v) is 4.95. The first-order valence-electron chi connectivity index (χ1n) is 7.32. The smallest absolute Gasteiger partial charge is 0.341 e. The molecule has 0 aliphatic heterocycles. The molecule has 1 N–H and O–H groups in total. The van der Waals surface area contributed by atoms with Crippen molar-refractivity contribution >= 4 is 21.9 Å². The molecule has 0 fully saturated rings. The summed E-state index contributed by atoms with van der Waals surface area (Å²) in [6.07, 6.45) is -0.413. The third-order valence-electron chi connectivity index (χ3n) is 3.14. The zero-order valence-electron chi connectivity index (χ0n) is 14.0. The molecule has 0 heterocycles. The number of benzene rings is 1. The number of carbonyl (C=O) groups is 2. The fourth-order valence-corrected chi connectivity index (χ4v) is 2.63. The molecule has 0 saturated carbocycles. The average Bonchev–Trinajstić information content (AvgIpc) is 2.52. The Morgan fingerprint density at radius 2 is 1.96 bits per heavy atom. The number of rotatable bonds is 7. The predicted octanol–water partition coefficient (Wildman–Crippen LogP) is 1.15. The van der Waals surface area contributed by atoms with Crippen LogP contribution in [0, 0.1) is 5.82 Å². The largest absolute Gasteiger partial charge is 0.449 e. The molecule has 1 atom stereocenters. The van der Waals surface area contributed by atoms with E-state index in [-0.39, 0.29) is 4.90 Å². The highest BCUT2D eigenvalue weighted by Crippen LogP contribution is 2.19. The summed E-state index contributed by atoms with van der Waals surface area (Å²) >= 11 is 0. The van der Waals surface area contributed by atoms with Gasteiger partial charge in [-0.15, -0.1) is 0 Å². The van der Waals surface area contributed by atoms with Crippen LogP contribution in [0.25, 0.3) is 0 Å². The predicted molar refractivity (Wildman–Crippen MR) is 85.5 cm³/mol. The molecule has 0 saturated heterocycles. The lowest BCUT2D eigenvalue weighted by Gasteiger charge is -2.15. The molecule has 1 aromatic carbocycles. The lowest BCUT2D eigenvalue weighted by Crippen LogP contribution is -2.36. The lowest BCUT2D eigenvalue weighted by atomic mass is 10.2. The third kappa shape index (κ3) is 4.75. The van der Waals surface area contributed by atoms with Crippen LogP contribution in [0.4, 0.5) is 4.39 Å². The Labute approximate surface area is 140 Å². The normalized spacial score (nSPS) is 12.8. The number of amides is 1. The number of nitrogens with zero attached hydrogens (tertiary/aromatic N) is 1. The number of hydrogen-bond acceptors (Lipinski definition) is 5. The van der Waals surface area contributed by atoms with E-state index < -0.39 is 39.4 Å². The van der Waals surface area contributed by atoms with Gasteiger partial charge in [0.1, 0.15) is 5.82 Å². The van der Waals surface area contributed by atoms with Crippen molar-refractivity contribution in [3.63, 3.8) is 0 Å². The Bertz CT molecular complexity index is 719. The van der Waals surface area contributed by atoms with Gasteiger partial charge < -0.3 is 10.1 Å². The van der Waals surface area contributed by atoms with Crippen molar-refractivity contribution in [1.82, 2.24) is 9.62 Å². The summed E-state index contributed by atoms with van der Waals surface area (Å²) in [7, 11) is -1.19. The summed E-state index contributed by atoms with van der Waals surface area (Å²) in [5, 5.41) is 2.54. The molecule has 7 nitrogen and oxygen atoms in total. The zero-order valence-corrected chi connectivity index (χ0v) is 14.8. The number of sulfonamides is 1. The summed E-state index contributed by atoms with van der Waals surface area (Å²) in [4.78, 5) is 23.5. The number of esters is 1. The van der Waals surface area contributed by atoms with Gasteiger partial charge >= 0.3 is 5.97 Å². The van der Waals surface area contributed by atoms with Crippen LogP contribution in [0.2, 0.25) is 0 Å². The first-order valence-corrected chi connectivity index (χ1v) is 8.76. The second-order valence-electron chi connectivity index (χ2n) is 5.27. The van der Waals surface area contributed by atoms with Crippen LogP contribution in [0.1, 0.15) is 30.6 Å². The molecule has 1 amide bonds. The van der Waals surface area contributed by atoms with Crippen LogP contribution in [0.15, 0.2) is 23.1 Å². The fourth-order valence-electron chi connectivity index (χ4n) is 1.70. The standard InChI is InChI=1S/C15H21FN2O5S/c1-5-8-17-14(19)10(2)23-15(20)12-9-11(6-7-13(12)16)24(21,22)18(3)4/h6-7,9-10H,5,8H2,1-4H3,(H,17,19)/t10-/m1/s1. The van der Waals surface area contributed by atoms with Crippen LogP contribution in [0.3, 0.4) is 0 Å². The van der Waals surface area contributed by atoms with Crippen LogP contribution in [-0.2, 0) is 19.6 Å². The SMILES string of the molecule is CCCNC(=O)[C@@H](C)OC(=O)c1cc(S(=O)(=O)N(C)C)ccc1F. The Morgan fingerprint density at radius 1 is 1.33 bits per heavy atom. The molecule has 0 spiro atoms. The molecular formula is C15H21FN2O5S. The van der Waals surface area contributed by atoms with Gasteiger partial charge in [-0.25, -0.2) is 21.9 Å². The molecule has 24 heavy (non-hydrogen) atoms. The molecule has 1 rings (SSSR count). The Morgan fingerprint density at radius 3 is 2.50 bits per heavy atom. The molecule has 0 unspecified atom stereocenters. The van der Waals surface area contributed by atoms with E-state index in [4.69, 9.17) is 4.74 Å². The quantitative estimate of drug-likeness (QED) is 0.736. The average molecular weight is 360 g/mol. The van der Waals surface area contributed by atoms with E-state index in [1.807, 2.05) is 6.92 Å². The summed E-state index contributed by atoms with van der Waals surface area (Å²) in [5.74, 6) is -2.55. The van der Waals surface area contributed by atoms with Gasteiger partial charge in [0.05, 0.1) is 10.5 Å². The van der Waals surface area contributed by atoms with Crippen LogP contribution >= 0.6 is 0 Å². The molecule has 0 aromatic heterocycles. The monoisotopic (exact) mass is 360 g/mol.